The van der Waals surface area contributed by atoms with E-state index in [4.69, 9.17) is 11.5 Å². The van der Waals surface area contributed by atoms with Gasteiger partial charge in [0.1, 0.15) is 4.88 Å². The zero-order valence-electron chi connectivity index (χ0n) is 10.6. The molecule has 1 aromatic carbocycles. The largest absolute Gasteiger partial charge is 0.397 e. The van der Waals surface area contributed by atoms with Crippen LogP contribution in [-0.2, 0) is 4.79 Å². The van der Waals surface area contributed by atoms with Crippen molar-refractivity contribution in [1.82, 2.24) is 5.32 Å². The molecule has 0 radical (unpaired) electrons. The first-order chi connectivity index (χ1) is 9.50. The van der Waals surface area contributed by atoms with E-state index in [1.807, 2.05) is 18.2 Å². The van der Waals surface area contributed by atoms with Gasteiger partial charge in [-0.05, 0) is 18.6 Å². The molecule has 0 aliphatic rings. The summed E-state index contributed by atoms with van der Waals surface area (Å²) < 4.78 is 1.83. The summed E-state index contributed by atoms with van der Waals surface area (Å²) in [5.74, 6) is -0.593. The summed E-state index contributed by atoms with van der Waals surface area (Å²) in [6, 6.07) is 5.71. The second kappa shape index (κ2) is 6.23. The van der Waals surface area contributed by atoms with E-state index in [1.165, 1.54) is 11.3 Å². The van der Waals surface area contributed by atoms with Gasteiger partial charge in [0.05, 0.1) is 5.69 Å². The molecule has 5 N–H and O–H groups in total. The maximum Gasteiger partial charge on any atom is 0.263 e. The van der Waals surface area contributed by atoms with Crippen molar-refractivity contribution in [2.75, 3.05) is 12.3 Å². The second-order valence-corrected chi connectivity index (χ2v) is 6.19. The molecule has 0 spiro atoms. The highest BCUT2D eigenvalue weighted by molar-refractivity contribution is 9.10. The van der Waals surface area contributed by atoms with Gasteiger partial charge in [-0.25, -0.2) is 0 Å². The molecule has 5 nitrogen and oxygen atoms in total. The number of amides is 2. The molecular formula is C13H14BrN3O2S. The molecule has 0 aliphatic heterocycles. The van der Waals surface area contributed by atoms with Gasteiger partial charge in [0, 0.05) is 27.5 Å². The highest BCUT2D eigenvalue weighted by atomic mass is 79.9. The number of hydrogen-bond donors (Lipinski definition) is 3. The van der Waals surface area contributed by atoms with Crippen LogP contribution in [-0.4, -0.2) is 18.4 Å². The lowest BCUT2D eigenvalue weighted by molar-refractivity contribution is -0.118. The predicted molar refractivity (Wildman–Crippen MR) is 84.7 cm³/mol. The number of benzene rings is 1. The predicted octanol–water partition coefficient (Wildman–Crippen LogP) is 2.24. The van der Waals surface area contributed by atoms with Crippen LogP contribution in [0.3, 0.4) is 0 Å². The summed E-state index contributed by atoms with van der Waals surface area (Å²) in [6.45, 7) is 0.399. The van der Waals surface area contributed by atoms with Crippen LogP contribution < -0.4 is 16.8 Å². The Morgan fingerprint density at radius 2 is 2.10 bits per heavy atom. The van der Waals surface area contributed by atoms with E-state index in [0.717, 1.165) is 14.6 Å². The Kier molecular flexibility index (Phi) is 4.61. The molecule has 0 unspecified atom stereocenters. The highest BCUT2D eigenvalue weighted by Crippen LogP contribution is 2.37. The van der Waals surface area contributed by atoms with E-state index >= 15 is 0 Å². The SMILES string of the molecule is NC(=O)CCCNC(=O)c1sc2cccc(Br)c2c1N. The normalized spacial score (nSPS) is 10.7. The average Bonchev–Trinajstić information content (AvgIpc) is 2.73. The molecule has 20 heavy (non-hydrogen) atoms. The lowest BCUT2D eigenvalue weighted by Crippen LogP contribution is -2.25. The quantitative estimate of drug-likeness (QED) is 0.717. The summed E-state index contributed by atoms with van der Waals surface area (Å²) in [6.07, 6.45) is 0.781. The lowest BCUT2D eigenvalue weighted by Gasteiger charge is -2.03. The number of fused-ring (bicyclic) bond motifs is 1. The summed E-state index contributed by atoms with van der Waals surface area (Å²) in [5, 5.41) is 3.60. The zero-order valence-corrected chi connectivity index (χ0v) is 13.0. The summed E-state index contributed by atoms with van der Waals surface area (Å²) >= 11 is 4.79. The molecule has 2 aromatic rings. The van der Waals surface area contributed by atoms with Gasteiger partial charge in [0.2, 0.25) is 5.91 Å². The molecule has 106 valence electrons. The Balaban J connectivity index is 2.13. The third-order valence-electron chi connectivity index (χ3n) is 2.79. The van der Waals surface area contributed by atoms with Crippen molar-refractivity contribution in [3.8, 4) is 0 Å². The number of halogens is 1. The Morgan fingerprint density at radius 1 is 1.35 bits per heavy atom. The van der Waals surface area contributed by atoms with Crippen molar-refractivity contribution >= 4 is 54.9 Å². The van der Waals surface area contributed by atoms with Crippen molar-refractivity contribution in [2.24, 2.45) is 5.73 Å². The maximum atomic E-state index is 12.1. The molecule has 0 bridgehead atoms. The molecular weight excluding hydrogens is 342 g/mol. The van der Waals surface area contributed by atoms with Crippen LogP contribution in [0.1, 0.15) is 22.5 Å². The van der Waals surface area contributed by atoms with Gasteiger partial charge in [0.25, 0.3) is 5.91 Å². The number of hydrogen-bond acceptors (Lipinski definition) is 4. The molecule has 0 saturated heterocycles. The minimum atomic E-state index is -0.371. The topological polar surface area (TPSA) is 98.2 Å². The molecule has 0 fully saturated rings. The van der Waals surface area contributed by atoms with E-state index in [1.54, 1.807) is 0 Å². The van der Waals surface area contributed by atoms with E-state index in [-0.39, 0.29) is 18.2 Å². The number of rotatable bonds is 5. The number of anilines is 1. The first-order valence-electron chi connectivity index (χ1n) is 6.03. The van der Waals surface area contributed by atoms with E-state index < -0.39 is 0 Å². The fourth-order valence-electron chi connectivity index (χ4n) is 1.84. The van der Waals surface area contributed by atoms with Gasteiger partial charge in [0.15, 0.2) is 0 Å². The van der Waals surface area contributed by atoms with Crippen molar-refractivity contribution in [1.29, 1.82) is 0 Å². The minimum absolute atomic E-state index is 0.222. The molecule has 0 saturated carbocycles. The van der Waals surface area contributed by atoms with Gasteiger partial charge in [-0.3, -0.25) is 9.59 Å². The van der Waals surface area contributed by atoms with Crippen LogP contribution in [0, 0.1) is 0 Å². The molecule has 0 aliphatic carbocycles. The number of carbonyl (C=O) groups is 2. The van der Waals surface area contributed by atoms with Crippen molar-refractivity contribution in [2.45, 2.75) is 12.8 Å². The average molecular weight is 356 g/mol. The summed E-state index contributed by atoms with van der Waals surface area (Å²) in [7, 11) is 0. The summed E-state index contributed by atoms with van der Waals surface area (Å²) in [4.78, 5) is 23.2. The number of nitrogens with two attached hydrogens (primary N) is 2. The summed E-state index contributed by atoms with van der Waals surface area (Å²) in [5.41, 5.74) is 11.6. The number of primary amides is 1. The van der Waals surface area contributed by atoms with E-state index in [9.17, 15) is 9.59 Å². The van der Waals surface area contributed by atoms with Crippen LogP contribution in [0.4, 0.5) is 5.69 Å². The standard InChI is InChI=1S/C13H14BrN3O2S/c14-7-3-1-4-8-10(7)11(16)12(20-8)13(19)17-6-2-5-9(15)18/h1,3-4H,2,5-6,16H2,(H2,15,18)(H,17,19). The Bertz CT molecular complexity index is 669. The number of carbonyl (C=O) groups excluding carboxylic acids is 2. The van der Waals surface area contributed by atoms with Gasteiger partial charge in [-0.1, -0.05) is 22.0 Å². The third kappa shape index (κ3) is 3.10. The number of nitrogen functional groups attached to an aromatic ring is 1. The van der Waals surface area contributed by atoms with Crippen LogP contribution in [0.2, 0.25) is 0 Å². The van der Waals surface area contributed by atoms with Crippen LogP contribution in [0.15, 0.2) is 22.7 Å². The van der Waals surface area contributed by atoms with E-state index in [0.29, 0.717) is 23.5 Å². The van der Waals surface area contributed by atoms with Crippen LogP contribution >= 0.6 is 27.3 Å². The van der Waals surface area contributed by atoms with Crippen molar-refractivity contribution in [3.63, 3.8) is 0 Å². The van der Waals surface area contributed by atoms with Gasteiger partial charge < -0.3 is 16.8 Å². The Labute approximate surface area is 128 Å². The highest BCUT2D eigenvalue weighted by Gasteiger charge is 2.17. The Morgan fingerprint density at radius 3 is 2.75 bits per heavy atom. The second-order valence-electron chi connectivity index (χ2n) is 4.28. The minimum Gasteiger partial charge on any atom is -0.397 e. The molecule has 1 heterocycles. The van der Waals surface area contributed by atoms with Gasteiger partial charge in [-0.15, -0.1) is 11.3 Å². The Hall–Kier alpha value is -1.60. The monoisotopic (exact) mass is 355 g/mol. The van der Waals surface area contributed by atoms with Crippen molar-refractivity contribution in [3.05, 3.63) is 27.5 Å². The van der Waals surface area contributed by atoms with Crippen LogP contribution in [0.5, 0.6) is 0 Å². The molecule has 2 amide bonds. The third-order valence-corrected chi connectivity index (χ3v) is 4.62. The van der Waals surface area contributed by atoms with Gasteiger partial charge in [-0.2, -0.15) is 0 Å². The maximum absolute atomic E-state index is 12.1. The first kappa shape index (κ1) is 14.8. The smallest absolute Gasteiger partial charge is 0.263 e. The molecule has 7 heteroatoms. The van der Waals surface area contributed by atoms with Crippen molar-refractivity contribution < 1.29 is 9.59 Å². The van der Waals surface area contributed by atoms with Crippen LogP contribution in [0.25, 0.3) is 10.1 Å². The van der Waals surface area contributed by atoms with Gasteiger partial charge >= 0.3 is 0 Å². The fourth-order valence-corrected chi connectivity index (χ4v) is 3.62. The molecule has 1 aromatic heterocycles. The zero-order chi connectivity index (χ0) is 14.7. The molecule has 2 rings (SSSR count). The molecule has 0 atom stereocenters. The first-order valence-corrected chi connectivity index (χ1v) is 7.64. The number of thiophene rings is 1. The lowest BCUT2D eigenvalue weighted by atomic mass is 10.2. The number of nitrogens with one attached hydrogen (secondary N) is 1. The van der Waals surface area contributed by atoms with E-state index in [2.05, 4.69) is 21.2 Å². The fraction of sp³-hybridized carbons (Fsp3) is 0.231.